The number of carbonyl (C=O) groups is 1. The first-order valence-corrected chi connectivity index (χ1v) is 8.25. The van der Waals surface area contributed by atoms with Crippen LogP contribution in [-0.4, -0.2) is 43.3 Å². The van der Waals surface area contributed by atoms with Crippen LogP contribution in [0.15, 0.2) is 18.2 Å². The molecule has 0 saturated carbocycles. The number of nitrogen functional groups attached to an aromatic ring is 2. The van der Waals surface area contributed by atoms with Crippen molar-refractivity contribution in [1.82, 2.24) is 4.90 Å². The summed E-state index contributed by atoms with van der Waals surface area (Å²) >= 11 is 0. The van der Waals surface area contributed by atoms with Crippen molar-refractivity contribution in [3.05, 3.63) is 23.8 Å². The summed E-state index contributed by atoms with van der Waals surface area (Å²) in [4.78, 5) is 14.0. The van der Waals surface area contributed by atoms with Crippen LogP contribution in [0.25, 0.3) is 0 Å². The molecule has 21 heavy (non-hydrogen) atoms. The molecular weight excluding hydrogens is 290 g/mol. The number of amides is 1. The van der Waals surface area contributed by atoms with Gasteiger partial charge in [0, 0.05) is 23.0 Å². The second-order valence-electron chi connectivity index (χ2n) is 5.08. The van der Waals surface area contributed by atoms with Crippen LogP contribution in [0.1, 0.15) is 16.8 Å². The molecule has 1 saturated heterocycles. The van der Waals surface area contributed by atoms with Crippen LogP contribution in [-0.2, 0) is 9.84 Å². The average Bonchev–Trinajstić information content (AvgIpc) is 2.74. The third kappa shape index (κ3) is 3.47. The van der Waals surface area contributed by atoms with Gasteiger partial charge in [0.15, 0.2) is 9.84 Å². The number of hydrogen-bond acceptors (Lipinski definition) is 5. The molecule has 0 radical (unpaired) electrons. The highest BCUT2D eigenvalue weighted by Crippen LogP contribution is 2.21. The Bertz CT molecular complexity index is 686. The second-order valence-corrected chi connectivity index (χ2v) is 7.31. The molecule has 0 aromatic heterocycles. The number of sulfone groups is 1. The molecule has 1 atom stereocenters. The summed E-state index contributed by atoms with van der Waals surface area (Å²) in [6.07, 6.45) is 5.69. The lowest BCUT2D eigenvalue weighted by Gasteiger charge is -2.26. The lowest BCUT2D eigenvalue weighted by Crippen LogP contribution is -2.41. The summed E-state index contributed by atoms with van der Waals surface area (Å²) < 4.78 is 23.2. The van der Waals surface area contributed by atoms with Crippen molar-refractivity contribution >= 4 is 27.1 Å². The normalized spacial score (nSPS) is 19.9. The minimum Gasteiger partial charge on any atom is -0.399 e. The summed E-state index contributed by atoms with van der Waals surface area (Å²) in [5, 5.41) is 0. The molecule has 1 amide bonds. The van der Waals surface area contributed by atoms with Gasteiger partial charge in [0.25, 0.3) is 5.91 Å². The lowest BCUT2D eigenvalue weighted by atomic mass is 10.1. The van der Waals surface area contributed by atoms with Gasteiger partial charge in [-0.1, -0.05) is 5.92 Å². The zero-order chi connectivity index (χ0) is 15.6. The van der Waals surface area contributed by atoms with E-state index in [2.05, 4.69) is 5.92 Å². The molecule has 1 aromatic carbocycles. The van der Waals surface area contributed by atoms with Crippen LogP contribution in [0, 0.1) is 12.3 Å². The third-order valence-electron chi connectivity index (χ3n) is 3.40. The smallest absolute Gasteiger partial charge is 0.255 e. The molecule has 6 nitrogen and oxygen atoms in total. The standard InChI is InChI=1S/C14H17N3O3S/c1-2-4-17(13-3-5-21(19,20)9-13)14(18)10-6-11(15)8-12(16)7-10/h1,6-8,13H,3-5,9,15-16H2. The first-order chi connectivity index (χ1) is 9.82. The van der Waals surface area contributed by atoms with Gasteiger partial charge in [-0.2, -0.15) is 0 Å². The fourth-order valence-electron chi connectivity index (χ4n) is 2.45. The van der Waals surface area contributed by atoms with E-state index in [0.29, 0.717) is 23.4 Å². The van der Waals surface area contributed by atoms with Crippen molar-refractivity contribution in [3.8, 4) is 12.3 Å². The molecule has 1 aliphatic rings. The van der Waals surface area contributed by atoms with Gasteiger partial charge >= 0.3 is 0 Å². The van der Waals surface area contributed by atoms with Crippen LogP contribution in [0.4, 0.5) is 11.4 Å². The van der Waals surface area contributed by atoms with Gasteiger partial charge in [-0.3, -0.25) is 4.79 Å². The van der Waals surface area contributed by atoms with E-state index in [1.54, 1.807) is 6.07 Å². The van der Waals surface area contributed by atoms with E-state index in [1.165, 1.54) is 17.0 Å². The van der Waals surface area contributed by atoms with Crippen molar-refractivity contribution in [2.75, 3.05) is 29.5 Å². The van der Waals surface area contributed by atoms with Crippen molar-refractivity contribution < 1.29 is 13.2 Å². The Hall–Kier alpha value is -2.20. The SMILES string of the molecule is C#CCN(C(=O)c1cc(N)cc(N)c1)C1CCS(=O)(=O)C1. The molecule has 1 fully saturated rings. The van der Waals surface area contributed by atoms with E-state index in [0.717, 1.165) is 0 Å². The molecule has 2 rings (SSSR count). The fraction of sp³-hybridized carbons (Fsp3) is 0.357. The molecule has 1 heterocycles. The molecule has 1 aromatic rings. The number of nitrogens with two attached hydrogens (primary N) is 2. The Kier molecular flexibility index (Phi) is 4.09. The van der Waals surface area contributed by atoms with Crippen molar-refractivity contribution in [1.29, 1.82) is 0 Å². The highest BCUT2D eigenvalue weighted by atomic mass is 32.2. The Morgan fingerprint density at radius 3 is 2.43 bits per heavy atom. The predicted octanol–water partition coefficient (Wildman–Crippen LogP) is 0.114. The van der Waals surface area contributed by atoms with E-state index in [4.69, 9.17) is 17.9 Å². The maximum atomic E-state index is 12.6. The third-order valence-corrected chi connectivity index (χ3v) is 5.15. The first kappa shape index (κ1) is 15.2. The maximum Gasteiger partial charge on any atom is 0.255 e. The minimum atomic E-state index is -3.10. The van der Waals surface area contributed by atoms with Gasteiger partial charge in [0.05, 0.1) is 18.1 Å². The molecule has 1 aliphatic heterocycles. The highest BCUT2D eigenvalue weighted by molar-refractivity contribution is 7.91. The quantitative estimate of drug-likeness (QED) is 0.609. The first-order valence-electron chi connectivity index (χ1n) is 6.43. The van der Waals surface area contributed by atoms with Crippen LogP contribution < -0.4 is 11.5 Å². The summed E-state index contributed by atoms with van der Waals surface area (Å²) in [6.45, 7) is 0.0493. The summed E-state index contributed by atoms with van der Waals surface area (Å²) in [7, 11) is -3.10. The Labute approximate surface area is 124 Å². The van der Waals surface area contributed by atoms with Gasteiger partial charge in [-0.25, -0.2) is 8.42 Å². The van der Waals surface area contributed by atoms with Crippen LogP contribution >= 0.6 is 0 Å². The predicted molar refractivity (Wildman–Crippen MR) is 82.2 cm³/mol. The van der Waals surface area contributed by atoms with Crippen LogP contribution in [0.2, 0.25) is 0 Å². The molecule has 112 valence electrons. The number of terminal acetylenes is 1. The molecule has 1 unspecified atom stereocenters. The van der Waals surface area contributed by atoms with E-state index in [1.807, 2.05) is 0 Å². The summed E-state index contributed by atoms with van der Waals surface area (Å²) in [6, 6.07) is 4.15. The number of anilines is 2. The van der Waals surface area contributed by atoms with E-state index in [9.17, 15) is 13.2 Å². The molecule has 0 aliphatic carbocycles. The lowest BCUT2D eigenvalue weighted by molar-refractivity contribution is 0.0724. The fourth-order valence-corrected chi connectivity index (χ4v) is 4.18. The van der Waals surface area contributed by atoms with E-state index >= 15 is 0 Å². The number of hydrogen-bond donors (Lipinski definition) is 2. The van der Waals surface area contributed by atoms with Crippen molar-refractivity contribution in [2.45, 2.75) is 12.5 Å². The zero-order valence-corrected chi connectivity index (χ0v) is 12.3. The molecular formula is C14H17N3O3S. The Balaban J connectivity index is 2.30. The number of nitrogens with zero attached hydrogens (tertiary/aromatic N) is 1. The monoisotopic (exact) mass is 307 g/mol. The topological polar surface area (TPSA) is 106 Å². The second kappa shape index (κ2) is 5.66. The summed E-state index contributed by atoms with van der Waals surface area (Å²) in [5.74, 6) is 2.06. The summed E-state index contributed by atoms with van der Waals surface area (Å²) in [5.41, 5.74) is 12.4. The van der Waals surface area contributed by atoms with Gasteiger partial charge < -0.3 is 16.4 Å². The Morgan fingerprint density at radius 1 is 1.33 bits per heavy atom. The molecule has 0 bridgehead atoms. The van der Waals surface area contributed by atoms with Crippen molar-refractivity contribution in [2.24, 2.45) is 0 Å². The number of carbonyl (C=O) groups excluding carboxylic acids is 1. The average molecular weight is 307 g/mol. The minimum absolute atomic E-state index is 0.0493. The van der Waals surface area contributed by atoms with Crippen LogP contribution in [0.5, 0.6) is 0 Å². The molecule has 4 N–H and O–H groups in total. The van der Waals surface area contributed by atoms with E-state index < -0.39 is 15.9 Å². The highest BCUT2D eigenvalue weighted by Gasteiger charge is 2.34. The largest absolute Gasteiger partial charge is 0.399 e. The van der Waals surface area contributed by atoms with Gasteiger partial charge in [0.2, 0.25) is 0 Å². The van der Waals surface area contributed by atoms with Crippen LogP contribution in [0.3, 0.4) is 0 Å². The Morgan fingerprint density at radius 2 is 1.95 bits per heavy atom. The van der Waals surface area contributed by atoms with Gasteiger partial charge in [-0.05, 0) is 24.6 Å². The zero-order valence-electron chi connectivity index (χ0n) is 11.5. The maximum absolute atomic E-state index is 12.6. The molecule has 7 heteroatoms. The van der Waals surface area contributed by atoms with Gasteiger partial charge in [-0.15, -0.1) is 6.42 Å². The number of benzene rings is 1. The molecule has 0 spiro atoms. The van der Waals surface area contributed by atoms with Gasteiger partial charge in [0.1, 0.15) is 0 Å². The number of rotatable bonds is 3. The van der Waals surface area contributed by atoms with Crippen molar-refractivity contribution in [3.63, 3.8) is 0 Å². The van der Waals surface area contributed by atoms with E-state index in [-0.39, 0.29) is 24.0 Å².